The van der Waals surface area contributed by atoms with Crippen LogP contribution < -0.4 is 11.1 Å². The maximum Gasteiger partial charge on any atom is 0.221 e. The zero-order valence-corrected chi connectivity index (χ0v) is 18.3. The molecule has 2 unspecified atom stereocenters. The number of nitrogens with one attached hydrogen (secondary N) is 2. The van der Waals surface area contributed by atoms with Crippen molar-refractivity contribution < 1.29 is 9.53 Å². The number of anilines is 1. The van der Waals surface area contributed by atoms with Crippen LogP contribution in [-0.2, 0) is 16.0 Å². The number of carbonyl (C=O) groups excluding carboxylic acids is 1. The van der Waals surface area contributed by atoms with Crippen LogP contribution in [0, 0.1) is 11.8 Å². The average Bonchev–Trinajstić information content (AvgIpc) is 3.31. The summed E-state index contributed by atoms with van der Waals surface area (Å²) in [6.07, 6.45) is 3.39. The molecule has 1 amide bonds. The lowest BCUT2D eigenvalue weighted by molar-refractivity contribution is -0.114. The molecule has 2 atom stereocenters. The lowest BCUT2D eigenvalue weighted by Crippen LogP contribution is -2.29. The van der Waals surface area contributed by atoms with Gasteiger partial charge >= 0.3 is 0 Å². The average molecular weight is 407 g/mol. The van der Waals surface area contributed by atoms with Crippen LogP contribution in [0.3, 0.4) is 0 Å². The fourth-order valence-corrected chi connectivity index (χ4v) is 4.75. The van der Waals surface area contributed by atoms with Crippen molar-refractivity contribution in [3.63, 3.8) is 0 Å². The molecule has 6 nitrogen and oxygen atoms in total. The van der Waals surface area contributed by atoms with E-state index in [1.807, 2.05) is 12.1 Å². The third kappa shape index (κ3) is 3.62. The van der Waals surface area contributed by atoms with Gasteiger partial charge in [-0.3, -0.25) is 9.89 Å². The van der Waals surface area contributed by atoms with Gasteiger partial charge in [0.05, 0.1) is 5.69 Å². The minimum Gasteiger partial charge on any atom is -0.492 e. The second kappa shape index (κ2) is 7.35. The molecule has 1 aromatic heterocycles. The molecule has 2 aromatic rings. The summed E-state index contributed by atoms with van der Waals surface area (Å²) >= 11 is 0. The molecular formula is C24H30N4O2. The third-order valence-electron chi connectivity index (χ3n) is 6.36. The van der Waals surface area contributed by atoms with Gasteiger partial charge in [0, 0.05) is 41.9 Å². The Morgan fingerprint density at radius 1 is 1.30 bits per heavy atom. The van der Waals surface area contributed by atoms with Crippen molar-refractivity contribution in [1.29, 1.82) is 0 Å². The highest BCUT2D eigenvalue weighted by Gasteiger charge is 2.45. The smallest absolute Gasteiger partial charge is 0.221 e. The Balaban J connectivity index is 1.71. The number of benzene rings is 1. The summed E-state index contributed by atoms with van der Waals surface area (Å²) in [5, 5.41) is 10.0. The second-order valence-corrected chi connectivity index (χ2v) is 9.08. The molecule has 6 heteroatoms. The van der Waals surface area contributed by atoms with Gasteiger partial charge in [0.25, 0.3) is 0 Å². The summed E-state index contributed by atoms with van der Waals surface area (Å²) in [6.45, 7) is 9.98. The molecule has 0 bridgehead atoms. The number of rotatable bonds is 4. The van der Waals surface area contributed by atoms with Gasteiger partial charge in [0.2, 0.25) is 5.91 Å². The number of aromatic amines is 1. The zero-order chi connectivity index (χ0) is 21.6. The zero-order valence-electron chi connectivity index (χ0n) is 18.3. The minimum absolute atomic E-state index is 0.0943. The van der Waals surface area contributed by atoms with Gasteiger partial charge in [-0.05, 0) is 69.4 Å². The standard InChI is InChI=1S/C24H30N4O2/c1-13-14(2)23-19(12-24(4,5)30-23)18(22(13)25)10-16-6-7-17(20-8-9-26-28-20)11-21(16)27-15(3)29/h6-9,11,18-19H,10,12,25H2,1-5H3,(H,26,28)(H,27,29). The van der Waals surface area contributed by atoms with Crippen LogP contribution in [0.5, 0.6) is 0 Å². The van der Waals surface area contributed by atoms with E-state index in [2.05, 4.69) is 55.3 Å². The van der Waals surface area contributed by atoms with E-state index in [4.69, 9.17) is 10.5 Å². The first-order chi connectivity index (χ1) is 14.2. The first-order valence-corrected chi connectivity index (χ1v) is 10.4. The van der Waals surface area contributed by atoms with E-state index in [1.54, 1.807) is 6.20 Å². The third-order valence-corrected chi connectivity index (χ3v) is 6.36. The molecule has 1 aliphatic carbocycles. The van der Waals surface area contributed by atoms with Gasteiger partial charge < -0.3 is 15.8 Å². The molecule has 1 saturated heterocycles. The first kappa shape index (κ1) is 20.3. The summed E-state index contributed by atoms with van der Waals surface area (Å²) in [4.78, 5) is 11.9. The van der Waals surface area contributed by atoms with Gasteiger partial charge in [0.1, 0.15) is 11.4 Å². The van der Waals surface area contributed by atoms with Crippen LogP contribution in [0.15, 0.2) is 53.1 Å². The Kier molecular flexibility index (Phi) is 4.96. The largest absolute Gasteiger partial charge is 0.492 e. The predicted molar refractivity (Wildman–Crippen MR) is 118 cm³/mol. The van der Waals surface area contributed by atoms with E-state index >= 15 is 0 Å². The lowest BCUT2D eigenvalue weighted by Gasteiger charge is -2.31. The monoisotopic (exact) mass is 406 g/mol. The maximum atomic E-state index is 11.9. The Morgan fingerprint density at radius 3 is 2.73 bits per heavy atom. The summed E-state index contributed by atoms with van der Waals surface area (Å²) in [6, 6.07) is 8.04. The van der Waals surface area contributed by atoms with E-state index in [0.717, 1.165) is 58.0 Å². The SMILES string of the molecule is CC(=O)Nc1cc(-c2ccn[nH]2)ccc1CC1C(N)=C(C)C(C)=C2OC(C)(C)CC21. The quantitative estimate of drug-likeness (QED) is 0.695. The summed E-state index contributed by atoms with van der Waals surface area (Å²) in [5.41, 5.74) is 13.4. The summed E-state index contributed by atoms with van der Waals surface area (Å²) in [5.74, 6) is 1.37. The van der Waals surface area contributed by atoms with Gasteiger partial charge in [0.15, 0.2) is 0 Å². The number of fused-ring (bicyclic) bond motifs is 1. The number of allylic oxidation sites excluding steroid dienone is 4. The fraction of sp³-hybridized carbons (Fsp3) is 0.417. The van der Waals surface area contributed by atoms with Crippen LogP contribution in [0.25, 0.3) is 11.3 Å². The van der Waals surface area contributed by atoms with Gasteiger partial charge in [-0.2, -0.15) is 5.10 Å². The van der Waals surface area contributed by atoms with Crippen LogP contribution in [0.1, 0.15) is 46.6 Å². The van der Waals surface area contributed by atoms with Gasteiger partial charge in [-0.1, -0.05) is 12.1 Å². The molecule has 2 aliphatic rings. The van der Waals surface area contributed by atoms with Crippen molar-refractivity contribution in [2.45, 2.75) is 53.1 Å². The highest BCUT2D eigenvalue weighted by atomic mass is 16.5. The van der Waals surface area contributed by atoms with Crippen molar-refractivity contribution in [2.24, 2.45) is 17.6 Å². The number of hydrogen-bond acceptors (Lipinski definition) is 4. The number of amides is 1. The highest BCUT2D eigenvalue weighted by Crippen LogP contribution is 2.50. The number of hydrogen-bond donors (Lipinski definition) is 3. The minimum atomic E-state index is -0.199. The van der Waals surface area contributed by atoms with Gasteiger partial charge in [-0.25, -0.2) is 0 Å². The number of aromatic nitrogens is 2. The molecule has 30 heavy (non-hydrogen) atoms. The lowest BCUT2D eigenvalue weighted by atomic mass is 9.74. The molecule has 4 N–H and O–H groups in total. The van der Waals surface area contributed by atoms with E-state index in [1.165, 1.54) is 6.92 Å². The van der Waals surface area contributed by atoms with Crippen molar-refractivity contribution >= 4 is 11.6 Å². The van der Waals surface area contributed by atoms with E-state index in [-0.39, 0.29) is 23.3 Å². The summed E-state index contributed by atoms with van der Waals surface area (Å²) in [7, 11) is 0. The topological polar surface area (TPSA) is 93.0 Å². The maximum absolute atomic E-state index is 11.9. The summed E-state index contributed by atoms with van der Waals surface area (Å²) < 4.78 is 6.32. The molecule has 158 valence electrons. The highest BCUT2D eigenvalue weighted by molar-refractivity contribution is 5.90. The van der Waals surface area contributed by atoms with E-state index < -0.39 is 0 Å². The molecule has 1 aromatic carbocycles. The number of nitrogens with zero attached hydrogens (tertiary/aromatic N) is 1. The number of nitrogens with two attached hydrogens (primary N) is 1. The van der Waals surface area contributed by atoms with Crippen LogP contribution in [0.2, 0.25) is 0 Å². The Morgan fingerprint density at radius 2 is 2.07 bits per heavy atom. The van der Waals surface area contributed by atoms with Crippen molar-refractivity contribution in [1.82, 2.24) is 10.2 Å². The van der Waals surface area contributed by atoms with E-state index in [0.29, 0.717) is 0 Å². The predicted octanol–water partition coefficient (Wildman–Crippen LogP) is 4.53. The molecule has 0 spiro atoms. The van der Waals surface area contributed by atoms with Crippen LogP contribution in [-0.4, -0.2) is 21.7 Å². The molecule has 0 saturated carbocycles. The molecule has 2 heterocycles. The van der Waals surface area contributed by atoms with Crippen molar-refractivity contribution in [3.05, 3.63) is 58.6 Å². The van der Waals surface area contributed by atoms with Crippen LogP contribution >= 0.6 is 0 Å². The molecule has 1 aliphatic heterocycles. The van der Waals surface area contributed by atoms with Gasteiger partial charge in [-0.15, -0.1) is 0 Å². The normalized spacial score (nSPS) is 22.7. The second-order valence-electron chi connectivity index (χ2n) is 9.08. The Labute approximate surface area is 177 Å². The Hall–Kier alpha value is -3.02. The van der Waals surface area contributed by atoms with Crippen molar-refractivity contribution in [2.75, 3.05) is 5.32 Å². The molecule has 4 rings (SSSR count). The number of carbonyl (C=O) groups is 1. The first-order valence-electron chi connectivity index (χ1n) is 10.4. The number of H-pyrrole nitrogens is 1. The van der Waals surface area contributed by atoms with Crippen molar-refractivity contribution in [3.8, 4) is 11.3 Å². The molecular weight excluding hydrogens is 376 g/mol. The van der Waals surface area contributed by atoms with Crippen LogP contribution in [0.4, 0.5) is 5.69 Å². The fourth-order valence-electron chi connectivity index (χ4n) is 4.75. The molecule has 0 radical (unpaired) electrons. The Bertz CT molecular complexity index is 1050. The van der Waals surface area contributed by atoms with E-state index in [9.17, 15) is 4.79 Å². The molecule has 1 fully saturated rings. The number of ether oxygens (including phenoxy) is 1.